The van der Waals surface area contributed by atoms with E-state index in [1.165, 1.54) is 18.2 Å². The second-order valence-electron chi connectivity index (χ2n) is 4.04. The van der Waals surface area contributed by atoms with Gasteiger partial charge in [0.2, 0.25) is 0 Å². The van der Waals surface area contributed by atoms with Crippen LogP contribution in [0.5, 0.6) is 0 Å². The lowest BCUT2D eigenvalue weighted by Gasteiger charge is -2.12. The average Bonchev–Trinajstić information content (AvgIpc) is 2.31. The molecule has 0 spiro atoms. The molecule has 0 radical (unpaired) electrons. The Morgan fingerprint density at radius 3 is 2.14 bits per heavy atom. The molecular weight excluding hydrogens is 467 g/mol. The van der Waals surface area contributed by atoms with Crippen LogP contribution in [0.1, 0.15) is 0 Å². The van der Waals surface area contributed by atoms with Crippen LogP contribution in [-0.4, -0.2) is 8.42 Å². The average molecular weight is 475 g/mol. The maximum Gasteiger partial charge on any atom is 0.264 e. The molecule has 0 aromatic heterocycles. The summed E-state index contributed by atoms with van der Waals surface area (Å²) >= 11 is 18.4. The lowest BCUT2D eigenvalue weighted by molar-refractivity contribution is 0.601. The van der Waals surface area contributed by atoms with Gasteiger partial charge in [0, 0.05) is 14.6 Å². The normalized spacial score (nSPS) is 11.4. The largest absolute Gasteiger partial charge is 0.398 e. The van der Waals surface area contributed by atoms with Crippen molar-refractivity contribution in [2.45, 2.75) is 4.90 Å². The third-order valence-corrected chi connectivity index (χ3v) is 5.93. The molecule has 0 aliphatic heterocycles. The van der Waals surface area contributed by atoms with E-state index in [0.717, 1.165) is 0 Å². The Kier molecular flexibility index (Phi) is 5.10. The first-order valence-corrected chi connectivity index (χ1v) is 9.25. The molecule has 0 bridgehead atoms. The fourth-order valence-corrected chi connectivity index (χ4v) is 4.95. The minimum Gasteiger partial charge on any atom is -0.398 e. The van der Waals surface area contributed by atoms with Crippen molar-refractivity contribution in [3.63, 3.8) is 0 Å². The molecule has 0 aliphatic carbocycles. The molecule has 2 rings (SSSR count). The first-order valence-electron chi connectivity index (χ1n) is 5.43. The molecule has 0 unspecified atom stereocenters. The highest BCUT2D eigenvalue weighted by molar-refractivity contribution is 9.10. The molecule has 9 heteroatoms. The fourth-order valence-electron chi connectivity index (χ4n) is 1.58. The minimum absolute atomic E-state index is 0.0244. The Bertz CT molecular complexity index is 790. The van der Waals surface area contributed by atoms with Crippen molar-refractivity contribution in [2.24, 2.45) is 0 Å². The van der Waals surface area contributed by atoms with Crippen LogP contribution in [0, 0.1) is 0 Å². The summed E-state index contributed by atoms with van der Waals surface area (Å²) in [5.41, 5.74) is 6.49. The summed E-state index contributed by atoms with van der Waals surface area (Å²) in [5, 5.41) is 0.0489. The van der Waals surface area contributed by atoms with Gasteiger partial charge < -0.3 is 5.73 Å². The summed E-state index contributed by atoms with van der Waals surface area (Å²) in [6, 6.07) is 7.58. The fraction of sp³-hybridized carbons (Fsp3) is 0. The molecule has 112 valence electrons. The Morgan fingerprint density at radius 1 is 1.05 bits per heavy atom. The van der Waals surface area contributed by atoms with E-state index in [1.807, 2.05) is 0 Å². The zero-order valence-corrected chi connectivity index (χ0v) is 15.7. The van der Waals surface area contributed by atoms with Crippen LogP contribution in [0.15, 0.2) is 44.2 Å². The van der Waals surface area contributed by atoms with Crippen LogP contribution in [0.3, 0.4) is 0 Å². The number of halogens is 4. The SMILES string of the molecule is Nc1ccc(NS(=O)(=O)c2c(Cl)cc(Br)cc2Cl)cc1Br. The van der Waals surface area contributed by atoms with Crippen molar-refractivity contribution in [1.82, 2.24) is 0 Å². The zero-order chi connectivity index (χ0) is 15.8. The van der Waals surface area contributed by atoms with Gasteiger partial charge in [-0.2, -0.15) is 0 Å². The van der Waals surface area contributed by atoms with E-state index in [4.69, 9.17) is 28.9 Å². The highest BCUT2D eigenvalue weighted by atomic mass is 79.9. The molecule has 2 aromatic rings. The van der Waals surface area contributed by atoms with E-state index < -0.39 is 10.0 Å². The second kappa shape index (κ2) is 6.34. The molecule has 0 saturated carbocycles. The number of nitrogens with one attached hydrogen (secondary N) is 1. The van der Waals surface area contributed by atoms with Gasteiger partial charge in [-0.05, 0) is 46.3 Å². The number of sulfonamides is 1. The lowest BCUT2D eigenvalue weighted by atomic mass is 10.3. The lowest BCUT2D eigenvalue weighted by Crippen LogP contribution is -2.14. The third kappa shape index (κ3) is 3.84. The molecule has 3 N–H and O–H groups in total. The Balaban J connectivity index is 2.46. The molecule has 0 amide bonds. The van der Waals surface area contributed by atoms with Crippen LogP contribution in [0.4, 0.5) is 11.4 Å². The number of rotatable bonds is 3. The summed E-state index contributed by atoms with van der Waals surface area (Å²) in [6.45, 7) is 0. The van der Waals surface area contributed by atoms with Crippen LogP contribution in [-0.2, 0) is 10.0 Å². The standard InChI is InChI=1S/C12H8Br2Cl2N2O2S/c13-6-3-9(15)12(10(16)4-6)21(19,20)18-7-1-2-11(17)8(14)5-7/h1-5,18H,17H2. The maximum absolute atomic E-state index is 12.4. The van der Waals surface area contributed by atoms with Gasteiger partial charge in [-0.3, -0.25) is 4.72 Å². The number of nitrogens with two attached hydrogens (primary N) is 1. The predicted molar refractivity (Wildman–Crippen MR) is 93.5 cm³/mol. The molecule has 0 heterocycles. The second-order valence-corrected chi connectivity index (χ2v) is 8.24. The number of anilines is 2. The van der Waals surface area contributed by atoms with E-state index in [-0.39, 0.29) is 14.9 Å². The van der Waals surface area contributed by atoms with E-state index in [0.29, 0.717) is 20.3 Å². The Labute approximate surface area is 148 Å². The van der Waals surface area contributed by atoms with Crippen molar-refractivity contribution >= 4 is 76.5 Å². The predicted octanol–water partition coefficient (Wildman–Crippen LogP) is 4.90. The summed E-state index contributed by atoms with van der Waals surface area (Å²) < 4.78 is 28.4. The van der Waals surface area contributed by atoms with Gasteiger partial charge in [0.15, 0.2) is 0 Å². The molecule has 0 saturated heterocycles. The molecule has 0 fully saturated rings. The highest BCUT2D eigenvalue weighted by Crippen LogP contribution is 2.34. The Hall–Kier alpha value is -0.470. The van der Waals surface area contributed by atoms with Crippen molar-refractivity contribution in [2.75, 3.05) is 10.5 Å². The smallest absolute Gasteiger partial charge is 0.264 e. The van der Waals surface area contributed by atoms with E-state index >= 15 is 0 Å². The highest BCUT2D eigenvalue weighted by Gasteiger charge is 2.22. The molecular formula is C12H8Br2Cl2N2O2S. The van der Waals surface area contributed by atoms with Crippen LogP contribution in [0.25, 0.3) is 0 Å². The van der Waals surface area contributed by atoms with Gasteiger partial charge >= 0.3 is 0 Å². The number of nitrogen functional groups attached to an aromatic ring is 1. The van der Waals surface area contributed by atoms with Crippen molar-refractivity contribution in [1.29, 1.82) is 0 Å². The third-order valence-electron chi connectivity index (χ3n) is 2.48. The van der Waals surface area contributed by atoms with Gasteiger partial charge in [-0.25, -0.2) is 8.42 Å². The topological polar surface area (TPSA) is 72.2 Å². The van der Waals surface area contributed by atoms with Crippen LogP contribution < -0.4 is 10.5 Å². The van der Waals surface area contributed by atoms with Gasteiger partial charge in [-0.1, -0.05) is 39.1 Å². The van der Waals surface area contributed by atoms with Crippen molar-refractivity contribution in [3.8, 4) is 0 Å². The maximum atomic E-state index is 12.4. The number of hydrogen-bond donors (Lipinski definition) is 2. The van der Waals surface area contributed by atoms with Crippen molar-refractivity contribution < 1.29 is 8.42 Å². The summed E-state index contributed by atoms with van der Waals surface area (Å²) in [7, 11) is -3.92. The first kappa shape index (κ1) is 16.9. The zero-order valence-electron chi connectivity index (χ0n) is 10.2. The number of benzene rings is 2. The van der Waals surface area contributed by atoms with E-state index in [9.17, 15) is 8.42 Å². The van der Waals surface area contributed by atoms with E-state index in [1.54, 1.807) is 12.1 Å². The minimum atomic E-state index is -3.92. The first-order chi connectivity index (χ1) is 9.70. The molecule has 21 heavy (non-hydrogen) atoms. The summed E-state index contributed by atoms with van der Waals surface area (Å²) in [4.78, 5) is -0.179. The number of hydrogen-bond acceptors (Lipinski definition) is 3. The molecule has 0 aliphatic rings. The monoisotopic (exact) mass is 472 g/mol. The molecule has 0 atom stereocenters. The quantitative estimate of drug-likeness (QED) is 0.621. The van der Waals surface area contributed by atoms with Crippen LogP contribution >= 0.6 is 55.1 Å². The summed E-state index contributed by atoms with van der Waals surface area (Å²) in [6.07, 6.45) is 0. The van der Waals surface area contributed by atoms with Crippen molar-refractivity contribution in [3.05, 3.63) is 49.3 Å². The van der Waals surface area contributed by atoms with Gasteiger partial charge in [0.25, 0.3) is 10.0 Å². The molecule has 4 nitrogen and oxygen atoms in total. The summed E-state index contributed by atoms with van der Waals surface area (Å²) in [5.74, 6) is 0. The molecule has 2 aromatic carbocycles. The van der Waals surface area contributed by atoms with Gasteiger partial charge in [0.1, 0.15) is 4.90 Å². The van der Waals surface area contributed by atoms with E-state index in [2.05, 4.69) is 36.6 Å². The van der Waals surface area contributed by atoms with Crippen LogP contribution in [0.2, 0.25) is 10.0 Å². The van der Waals surface area contributed by atoms with Gasteiger partial charge in [0.05, 0.1) is 15.7 Å². The van der Waals surface area contributed by atoms with Gasteiger partial charge in [-0.15, -0.1) is 0 Å². The Morgan fingerprint density at radius 2 is 1.62 bits per heavy atom.